The summed E-state index contributed by atoms with van der Waals surface area (Å²) in [5.74, 6) is 1.42. The Morgan fingerprint density at radius 1 is 1.22 bits per heavy atom. The summed E-state index contributed by atoms with van der Waals surface area (Å²) in [4.78, 5) is 5.16. The molecule has 1 aromatic carbocycles. The van der Waals surface area contributed by atoms with E-state index in [1.54, 1.807) is 20.3 Å². The molecule has 6 heteroatoms. The zero-order chi connectivity index (χ0) is 13.1. The summed E-state index contributed by atoms with van der Waals surface area (Å²) in [7, 11) is 3.21. The van der Waals surface area contributed by atoms with Crippen molar-refractivity contribution in [2.75, 3.05) is 14.2 Å². The van der Waals surface area contributed by atoms with Gasteiger partial charge in [0, 0.05) is 11.6 Å². The number of thiazole rings is 1. The second kappa shape index (κ2) is 5.69. The maximum Gasteiger partial charge on any atom is 0.125 e. The fourth-order valence-corrected chi connectivity index (χ4v) is 2.95. The van der Waals surface area contributed by atoms with Crippen molar-refractivity contribution in [1.29, 1.82) is 0 Å². The fourth-order valence-electron chi connectivity index (χ4n) is 1.49. The van der Waals surface area contributed by atoms with Gasteiger partial charge in [0.05, 0.1) is 25.7 Å². The van der Waals surface area contributed by atoms with Gasteiger partial charge in [-0.15, -0.1) is 11.3 Å². The smallest absolute Gasteiger partial charge is 0.125 e. The highest BCUT2D eigenvalue weighted by Crippen LogP contribution is 2.35. The summed E-state index contributed by atoms with van der Waals surface area (Å²) >= 11 is 4.75. The Kier molecular flexibility index (Phi) is 4.21. The zero-order valence-corrected chi connectivity index (χ0v) is 12.3. The van der Waals surface area contributed by atoms with Crippen molar-refractivity contribution in [3.05, 3.63) is 27.7 Å². The van der Waals surface area contributed by atoms with Crippen molar-refractivity contribution in [1.82, 2.24) is 4.98 Å². The Labute approximate surface area is 117 Å². The third-order valence-electron chi connectivity index (χ3n) is 2.39. The minimum atomic E-state index is -0.0284. The molecule has 1 aromatic heterocycles. The largest absolute Gasteiger partial charge is 0.497 e. The number of ether oxygens (including phenoxy) is 2. The minimum absolute atomic E-state index is 0.0284. The molecule has 0 amide bonds. The number of benzene rings is 1. The summed E-state index contributed by atoms with van der Waals surface area (Å²) < 4.78 is 11.1. The molecule has 1 N–H and O–H groups in total. The standard InChI is InChI=1S/C12H12BrNO3S/c1-16-8-3-7(4-9(5-8)17-2)12-14-11(13)10(6-15)18-12/h3-5,15H,6H2,1-2H3. The van der Waals surface area contributed by atoms with Gasteiger partial charge in [-0.05, 0) is 28.1 Å². The molecular formula is C12H12BrNO3S. The topological polar surface area (TPSA) is 51.6 Å². The summed E-state index contributed by atoms with van der Waals surface area (Å²) in [6.45, 7) is -0.0284. The molecule has 0 spiro atoms. The van der Waals surface area contributed by atoms with Crippen molar-refractivity contribution in [2.45, 2.75) is 6.61 Å². The molecule has 0 saturated heterocycles. The van der Waals surface area contributed by atoms with E-state index in [-0.39, 0.29) is 6.61 Å². The summed E-state index contributed by atoms with van der Waals surface area (Å²) in [6.07, 6.45) is 0. The first kappa shape index (κ1) is 13.3. The van der Waals surface area contributed by atoms with Crippen LogP contribution in [0, 0.1) is 0 Å². The molecule has 0 saturated carbocycles. The van der Waals surface area contributed by atoms with E-state index >= 15 is 0 Å². The number of aliphatic hydroxyl groups is 1. The van der Waals surface area contributed by atoms with Crippen molar-refractivity contribution in [3.63, 3.8) is 0 Å². The number of methoxy groups -OCH3 is 2. The van der Waals surface area contributed by atoms with Crippen LogP contribution in [-0.4, -0.2) is 24.3 Å². The van der Waals surface area contributed by atoms with Gasteiger partial charge in [-0.25, -0.2) is 4.98 Å². The van der Waals surface area contributed by atoms with Crippen LogP contribution in [0.15, 0.2) is 22.8 Å². The van der Waals surface area contributed by atoms with Gasteiger partial charge in [0.25, 0.3) is 0 Å². The molecule has 0 aliphatic carbocycles. The number of rotatable bonds is 4. The van der Waals surface area contributed by atoms with E-state index in [4.69, 9.17) is 9.47 Å². The second-order valence-corrected chi connectivity index (χ2v) is 5.33. The van der Waals surface area contributed by atoms with Gasteiger partial charge >= 0.3 is 0 Å². The lowest BCUT2D eigenvalue weighted by Gasteiger charge is -2.06. The van der Waals surface area contributed by atoms with Crippen LogP contribution in [0.1, 0.15) is 4.88 Å². The lowest BCUT2D eigenvalue weighted by molar-refractivity contribution is 0.284. The Hall–Kier alpha value is -1.11. The van der Waals surface area contributed by atoms with E-state index in [2.05, 4.69) is 20.9 Å². The highest BCUT2D eigenvalue weighted by atomic mass is 79.9. The van der Waals surface area contributed by atoms with E-state index in [0.29, 0.717) is 16.1 Å². The van der Waals surface area contributed by atoms with Gasteiger partial charge in [0.2, 0.25) is 0 Å². The van der Waals surface area contributed by atoms with Crippen molar-refractivity contribution in [3.8, 4) is 22.1 Å². The van der Waals surface area contributed by atoms with Crippen molar-refractivity contribution in [2.24, 2.45) is 0 Å². The Balaban J connectivity index is 2.48. The van der Waals surface area contributed by atoms with E-state index in [1.165, 1.54) is 11.3 Å². The molecule has 4 nitrogen and oxygen atoms in total. The average Bonchev–Trinajstić information content (AvgIpc) is 2.79. The average molecular weight is 330 g/mol. The molecule has 2 aromatic rings. The second-order valence-electron chi connectivity index (χ2n) is 3.49. The van der Waals surface area contributed by atoms with Crippen LogP contribution in [-0.2, 0) is 6.61 Å². The first-order chi connectivity index (χ1) is 8.67. The Bertz CT molecular complexity index is 534. The van der Waals surface area contributed by atoms with E-state index in [0.717, 1.165) is 15.4 Å². The molecule has 0 aliphatic heterocycles. The lowest BCUT2D eigenvalue weighted by Crippen LogP contribution is -1.88. The molecule has 0 aliphatic rings. The maximum atomic E-state index is 9.17. The zero-order valence-electron chi connectivity index (χ0n) is 9.94. The predicted molar refractivity (Wildman–Crippen MR) is 74.3 cm³/mol. The van der Waals surface area contributed by atoms with Crippen LogP contribution in [0.3, 0.4) is 0 Å². The monoisotopic (exact) mass is 329 g/mol. The van der Waals surface area contributed by atoms with Gasteiger partial charge in [0.1, 0.15) is 21.1 Å². The molecule has 0 radical (unpaired) electrons. The third-order valence-corrected chi connectivity index (χ3v) is 4.40. The number of hydrogen-bond acceptors (Lipinski definition) is 5. The van der Waals surface area contributed by atoms with Crippen LogP contribution < -0.4 is 9.47 Å². The quantitative estimate of drug-likeness (QED) is 0.936. The molecule has 2 rings (SSSR count). The molecule has 0 unspecified atom stereocenters. The molecule has 0 atom stereocenters. The van der Waals surface area contributed by atoms with Gasteiger partial charge in [0.15, 0.2) is 0 Å². The van der Waals surface area contributed by atoms with E-state index in [9.17, 15) is 5.11 Å². The fraction of sp³-hybridized carbons (Fsp3) is 0.250. The van der Waals surface area contributed by atoms with Crippen molar-refractivity contribution >= 4 is 27.3 Å². The van der Waals surface area contributed by atoms with Crippen LogP contribution >= 0.6 is 27.3 Å². The minimum Gasteiger partial charge on any atom is -0.497 e. The first-order valence-electron chi connectivity index (χ1n) is 5.17. The van der Waals surface area contributed by atoms with Gasteiger partial charge in [-0.1, -0.05) is 0 Å². The summed E-state index contributed by atoms with van der Waals surface area (Å²) in [5.41, 5.74) is 0.900. The highest BCUT2D eigenvalue weighted by molar-refractivity contribution is 9.10. The van der Waals surface area contributed by atoms with Gasteiger partial charge < -0.3 is 14.6 Å². The molecule has 0 bridgehead atoms. The van der Waals surface area contributed by atoms with Gasteiger partial charge in [-0.3, -0.25) is 0 Å². The summed E-state index contributed by atoms with van der Waals surface area (Å²) in [6, 6.07) is 5.57. The first-order valence-corrected chi connectivity index (χ1v) is 6.78. The van der Waals surface area contributed by atoms with Crippen LogP contribution in [0.4, 0.5) is 0 Å². The number of nitrogens with zero attached hydrogens (tertiary/aromatic N) is 1. The SMILES string of the molecule is COc1cc(OC)cc(-c2nc(Br)c(CO)s2)c1. The number of halogens is 1. The third kappa shape index (κ3) is 2.66. The number of hydrogen-bond donors (Lipinski definition) is 1. The van der Waals surface area contributed by atoms with Crippen molar-refractivity contribution < 1.29 is 14.6 Å². The lowest BCUT2D eigenvalue weighted by atomic mass is 10.2. The predicted octanol–water partition coefficient (Wildman–Crippen LogP) is 3.08. The number of aromatic nitrogens is 1. The summed E-state index contributed by atoms with van der Waals surface area (Å²) in [5, 5.41) is 9.98. The normalized spacial score (nSPS) is 10.4. The highest BCUT2D eigenvalue weighted by Gasteiger charge is 2.12. The molecule has 96 valence electrons. The van der Waals surface area contributed by atoms with Crippen LogP contribution in [0.5, 0.6) is 11.5 Å². The molecule has 18 heavy (non-hydrogen) atoms. The molecular weight excluding hydrogens is 318 g/mol. The maximum absolute atomic E-state index is 9.17. The van der Waals surface area contributed by atoms with Crippen LogP contribution in [0.25, 0.3) is 10.6 Å². The van der Waals surface area contributed by atoms with E-state index < -0.39 is 0 Å². The molecule has 0 fully saturated rings. The molecule has 1 heterocycles. The van der Waals surface area contributed by atoms with Gasteiger partial charge in [-0.2, -0.15) is 0 Å². The Morgan fingerprint density at radius 3 is 2.28 bits per heavy atom. The number of aliphatic hydroxyl groups excluding tert-OH is 1. The van der Waals surface area contributed by atoms with E-state index in [1.807, 2.05) is 12.1 Å². The Morgan fingerprint density at radius 2 is 1.83 bits per heavy atom. The van der Waals surface area contributed by atoms with Crippen LogP contribution in [0.2, 0.25) is 0 Å².